The lowest BCUT2D eigenvalue weighted by atomic mass is 9.80. The number of rotatable bonds is 9. The summed E-state index contributed by atoms with van der Waals surface area (Å²) in [7, 11) is 0. The molecule has 1 aliphatic heterocycles. The van der Waals surface area contributed by atoms with Gasteiger partial charge in [-0.1, -0.05) is 73.5 Å². The van der Waals surface area contributed by atoms with Crippen LogP contribution in [0.4, 0.5) is 8.78 Å². The first-order valence-corrected chi connectivity index (χ1v) is 13.7. The lowest BCUT2D eigenvalue weighted by Gasteiger charge is -2.41. The SMILES string of the molecule is Cl.O=C(c1ncn(C2CCCCC2(O)COCC(F)F)c1-c1ccccc1)N1CCNC[C@H]1Cc1ccccc1. The molecule has 3 atom stereocenters. The molecule has 1 saturated carbocycles. The quantitative estimate of drug-likeness (QED) is 0.385. The van der Waals surface area contributed by atoms with E-state index in [0.29, 0.717) is 43.9 Å². The number of hydrogen-bond donors (Lipinski definition) is 2. The highest BCUT2D eigenvalue weighted by molar-refractivity contribution is 5.98. The Hall–Kier alpha value is -2.85. The van der Waals surface area contributed by atoms with Crippen LogP contribution in [0.1, 0.15) is 47.8 Å². The van der Waals surface area contributed by atoms with E-state index < -0.39 is 24.7 Å². The minimum Gasteiger partial charge on any atom is -0.385 e. The smallest absolute Gasteiger partial charge is 0.275 e. The number of imidazole rings is 1. The predicted molar refractivity (Wildman–Crippen MR) is 152 cm³/mol. The van der Waals surface area contributed by atoms with E-state index in [-0.39, 0.29) is 31.0 Å². The number of hydrogen-bond acceptors (Lipinski definition) is 5. The Kier molecular flexibility index (Phi) is 10.3. The van der Waals surface area contributed by atoms with Crippen molar-refractivity contribution in [2.24, 2.45) is 0 Å². The summed E-state index contributed by atoms with van der Waals surface area (Å²) in [6, 6.07) is 19.2. The van der Waals surface area contributed by atoms with E-state index in [9.17, 15) is 18.7 Å². The minimum absolute atomic E-state index is 0. The molecule has 0 bridgehead atoms. The summed E-state index contributed by atoms with van der Waals surface area (Å²) in [4.78, 5) is 20.7. The van der Waals surface area contributed by atoms with Gasteiger partial charge in [0.25, 0.3) is 12.3 Å². The van der Waals surface area contributed by atoms with Crippen LogP contribution < -0.4 is 5.32 Å². The summed E-state index contributed by atoms with van der Waals surface area (Å²) in [6.07, 6.45) is 2.44. The number of nitrogens with one attached hydrogen (secondary N) is 1. The normalized spacial score (nSPS) is 23.1. The molecule has 0 radical (unpaired) electrons. The molecule has 1 aliphatic carbocycles. The average Bonchev–Trinajstić information content (AvgIpc) is 3.39. The van der Waals surface area contributed by atoms with Gasteiger partial charge in [-0.25, -0.2) is 13.8 Å². The van der Waals surface area contributed by atoms with Crippen LogP contribution in [0.3, 0.4) is 0 Å². The molecule has 2 unspecified atom stereocenters. The molecule has 2 aliphatic rings. The highest BCUT2D eigenvalue weighted by Crippen LogP contribution is 2.41. The van der Waals surface area contributed by atoms with E-state index in [1.807, 2.05) is 58.0 Å². The van der Waals surface area contributed by atoms with Gasteiger partial charge >= 0.3 is 0 Å². The van der Waals surface area contributed by atoms with Crippen LogP contribution in [0.15, 0.2) is 67.0 Å². The van der Waals surface area contributed by atoms with Crippen molar-refractivity contribution in [2.75, 3.05) is 32.8 Å². The number of halogens is 3. The van der Waals surface area contributed by atoms with Gasteiger partial charge in [0.05, 0.1) is 24.7 Å². The van der Waals surface area contributed by atoms with Crippen molar-refractivity contribution in [2.45, 2.75) is 56.2 Å². The van der Waals surface area contributed by atoms with Crippen molar-refractivity contribution < 1.29 is 23.4 Å². The molecule has 1 amide bonds. The number of piperazine rings is 1. The van der Waals surface area contributed by atoms with E-state index in [1.165, 1.54) is 0 Å². The number of amides is 1. The molecule has 40 heavy (non-hydrogen) atoms. The first-order chi connectivity index (χ1) is 19.0. The number of carbonyl (C=O) groups excluding carboxylic acids is 1. The molecule has 1 saturated heterocycles. The second-order valence-electron chi connectivity index (χ2n) is 10.5. The minimum atomic E-state index is -2.60. The summed E-state index contributed by atoms with van der Waals surface area (Å²) in [5.74, 6) is -0.150. The van der Waals surface area contributed by atoms with Crippen LogP contribution in [0.5, 0.6) is 0 Å². The summed E-state index contributed by atoms with van der Waals surface area (Å²) in [5.41, 5.74) is 1.60. The third-order valence-electron chi connectivity index (χ3n) is 7.86. The van der Waals surface area contributed by atoms with Gasteiger partial charge < -0.3 is 24.6 Å². The molecule has 7 nitrogen and oxygen atoms in total. The zero-order chi connectivity index (χ0) is 27.2. The molecule has 1 aromatic heterocycles. The molecule has 10 heteroatoms. The van der Waals surface area contributed by atoms with Crippen LogP contribution in [0.2, 0.25) is 0 Å². The van der Waals surface area contributed by atoms with Gasteiger partial charge in [-0.2, -0.15) is 0 Å². The molecule has 3 aromatic rings. The van der Waals surface area contributed by atoms with Crippen LogP contribution >= 0.6 is 12.4 Å². The third kappa shape index (κ3) is 6.71. The van der Waals surface area contributed by atoms with Crippen LogP contribution in [0.25, 0.3) is 11.3 Å². The van der Waals surface area contributed by atoms with E-state index in [4.69, 9.17) is 4.74 Å². The standard InChI is InChI=1S/C30H36F2N4O3.ClH/c31-26(32)19-39-20-30(38)14-8-7-13-25(30)36-21-34-27(28(36)23-11-5-2-6-12-23)29(37)35-16-15-33-18-24(35)17-22-9-3-1-4-10-22;/h1-6,9-12,21,24-26,33,38H,7-8,13-20H2;1H/t24-,25?,30?;/m1./s1. The molecular weight excluding hydrogens is 538 g/mol. The van der Waals surface area contributed by atoms with Gasteiger partial charge in [-0.3, -0.25) is 4.79 Å². The van der Waals surface area contributed by atoms with Crippen molar-refractivity contribution in [3.05, 3.63) is 78.2 Å². The number of aliphatic hydroxyl groups is 1. The van der Waals surface area contributed by atoms with Gasteiger partial charge in [0.1, 0.15) is 12.2 Å². The summed E-state index contributed by atoms with van der Waals surface area (Å²) in [6.45, 7) is 1.02. The lowest BCUT2D eigenvalue weighted by molar-refractivity contribution is -0.113. The largest absolute Gasteiger partial charge is 0.385 e. The van der Waals surface area contributed by atoms with Gasteiger partial charge in [-0.15, -0.1) is 12.4 Å². The summed E-state index contributed by atoms with van der Waals surface area (Å²) < 4.78 is 32.7. The van der Waals surface area contributed by atoms with Crippen LogP contribution in [0, 0.1) is 0 Å². The highest BCUT2D eigenvalue weighted by Gasteiger charge is 2.42. The Morgan fingerprint density at radius 1 is 1.12 bits per heavy atom. The predicted octanol–water partition coefficient (Wildman–Crippen LogP) is 4.76. The van der Waals surface area contributed by atoms with E-state index in [1.54, 1.807) is 6.33 Å². The van der Waals surface area contributed by atoms with Crippen LogP contribution in [-0.2, 0) is 11.2 Å². The molecule has 2 aromatic carbocycles. The maximum Gasteiger partial charge on any atom is 0.275 e. The first-order valence-electron chi connectivity index (χ1n) is 13.7. The molecule has 0 spiro atoms. The van der Waals surface area contributed by atoms with Crippen molar-refractivity contribution in [1.29, 1.82) is 0 Å². The lowest BCUT2D eigenvalue weighted by Crippen LogP contribution is -2.54. The number of ether oxygens (including phenoxy) is 1. The van der Waals surface area contributed by atoms with E-state index in [2.05, 4.69) is 22.4 Å². The average molecular weight is 575 g/mol. The Bertz CT molecular complexity index is 1230. The number of carbonyl (C=O) groups is 1. The van der Waals surface area contributed by atoms with Crippen molar-refractivity contribution >= 4 is 18.3 Å². The molecule has 216 valence electrons. The molecule has 5 rings (SSSR count). The fourth-order valence-corrected chi connectivity index (χ4v) is 5.96. The zero-order valence-electron chi connectivity index (χ0n) is 22.4. The van der Waals surface area contributed by atoms with Gasteiger partial charge in [0.2, 0.25) is 0 Å². The maximum absolute atomic E-state index is 14.2. The van der Waals surface area contributed by atoms with Crippen molar-refractivity contribution in [3.8, 4) is 11.3 Å². The monoisotopic (exact) mass is 574 g/mol. The number of nitrogens with zero attached hydrogens (tertiary/aromatic N) is 3. The number of aromatic nitrogens is 2. The van der Waals surface area contributed by atoms with Gasteiger partial charge in [0.15, 0.2) is 5.69 Å². The maximum atomic E-state index is 14.2. The Labute approximate surface area is 240 Å². The molecule has 2 fully saturated rings. The second kappa shape index (κ2) is 13.7. The Morgan fingerprint density at radius 3 is 2.58 bits per heavy atom. The Balaban J connectivity index is 0.00000370. The summed E-state index contributed by atoms with van der Waals surface area (Å²) >= 11 is 0. The fraction of sp³-hybridized carbons (Fsp3) is 0.467. The van der Waals surface area contributed by atoms with Crippen molar-refractivity contribution in [1.82, 2.24) is 19.8 Å². The Morgan fingerprint density at radius 2 is 1.85 bits per heavy atom. The van der Waals surface area contributed by atoms with E-state index in [0.717, 1.165) is 30.4 Å². The topological polar surface area (TPSA) is 79.6 Å². The summed E-state index contributed by atoms with van der Waals surface area (Å²) in [5, 5.41) is 15.1. The second-order valence-corrected chi connectivity index (χ2v) is 10.5. The van der Waals surface area contributed by atoms with Crippen molar-refractivity contribution in [3.63, 3.8) is 0 Å². The molecule has 2 N–H and O–H groups in total. The highest BCUT2D eigenvalue weighted by atomic mass is 35.5. The van der Waals surface area contributed by atoms with E-state index >= 15 is 0 Å². The van der Waals surface area contributed by atoms with Gasteiger partial charge in [-0.05, 0) is 24.8 Å². The van der Waals surface area contributed by atoms with Crippen LogP contribution in [-0.4, -0.2) is 76.4 Å². The third-order valence-corrected chi connectivity index (χ3v) is 7.86. The first kappa shape index (κ1) is 30.1. The number of benzene rings is 2. The molecule has 2 heterocycles. The zero-order valence-corrected chi connectivity index (χ0v) is 23.2. The van der Waals surface area contributed by atoms with Gasteiger partial charge in [0, 0.05) is 31.2 Å². The number of alkyl halides is 2. The fourth-order valence-electron chi connectivity index (χ4n) is 5.96. The molecular formula is C30H37ClF2N4O3.